The average Bonchev–Trinajstić information content (AvgIpc) is 1.89. The van der Waals surface area contributed by atoms with E-state index in [1.807, 2.05) is 13.2 Å². The highest BCUT2D eigenvalue weighted by molar-refractivity contribution is 7.98. The molecule has 0 aromatic heterocycles. The van der Waals surface area contributed by atoms with E-state index >= 15 is 0 Å². The first kappa shape index (κ1) is 10.2. The standard InChI is InChI=1S/C6H15NO2S/c1-3-9-7-4-6(8)5-10-2/h6-8H,3-5H2,1-2H3. The molecule has 0 radical (unpaired) electrons. The fourth-order valence-corrected chi connectivity index (χ4v) is 1.01. The van der Waals surface area contributed by atoms with Crippen molar-refractivity contribution < 1.29 is 9.94 Å². The van der Waals surface area contributed by atoms with Gasteiger partial charge < -0.3 is 9.94 Å². The van der Waals surface area contributed by atoms with Gasteiger partial charge in [0.25, 0.3) is 0 Å². The number of hydrogen-bond acceptors (Lipinski definition) is 4. The molecule has 0 saturated heterocycles. The molecule has 0 heterocycles. The van der Waals surface area contributed by atoms with E-state index in [9.17, 15) is 0 Å². The highest BCUT2D eigenvalue weighted by Gasteiger charge is 2.00. The molecule has 3 nitrogen and oxygen atoms in total. The van der Waals surface area contributed by atoms with Crippen LogP contribution in [0.4, 0.5) is 0 Å². The predicted octanol–water partition coefficient (Wildman–Crippen LogP) is 0.251. The van der Waals surface area contributed by atoms with E-state index in [-0.39, 0.29) is 6.10 Å². The van der Waals surface area contributed by atoms with Gasteiger partial charge in [-0.05, 0) is 13.2 Å². The third-order valence-electron chi connectivity index (χ3n) is 0.924. The Morgan fingerprint density at radius 3 is 2.90 bits per heavy atom. The van der Waals surface area contributed by atoms with Crippen molar-refractivity contribution in [3.8, 4) is 0 Å². The van der Waals surface area contributed by atoms with E-state index in [2.05, 4.69) is 5.48 Å². The molecule has 0 fully saturated rings. The van der Waals surface area contributed by atoms with E-state index in [4.69, 9.17) is 9.94 Å². The predicted molar refractivity (Wildman–Crippen MR) is 44.0 cm³/mol. The van der Waals surface area contributed by atoms with Crippen molar-refractivity contribution >= 4 is 11.8 Å². The van der Waals surface area contributed by atoms with Crippen LogP contribution in [0.3, 0.4) is 0 Å². The Hall–Kier alpha value is 0.230. The minimum atomic E-state index is -0.304. The summed E-state index contributed by atoms with van der Waals surface area (Å²) in [4.78, 5) is 4.83. The fraction of sp³-hybridized carbons (Fsp3) is 1.00. The number of rotatable bonds is 6. The van der Waals surface area contributed by atoms with Gasteiger partial charge in [0.05, 0.1) is 12.7 Å². The highest BCUT2D eigenvalue weighted by atomic mass is 32.2. The maximum atomic E-state index is 9.11. The molecule has 0 aliphatic rings. The van der Waals surface area contributed by atoms with Gasteiger partial charge in [0.2, 0.25) is 0 Å². The van der Waals surface area contributed by atoms with Crippen molar-refractivity contribution in [3.05, 3.63) is 0 Å². The molecule has 1 atom stereocenters. The van der Waals surface area contributed by atoms with Crippen LogP contribution in [0.2, 0.25) is 0 Å². The molecule has 0 saturated carbocycles. The van der Waals surface area contributed by atoms with Crippen LogP contribution in [0.25, 0.3) is 0 Å². The number of aliphatic hydroxyl groups excluding tert-OH is 1. The Morgan fingerprint density at radius 2 is 2.40 bits per heavy atom. The molecule has 0 aromatic carbocycles. The third kappa shape index (κ3) is 6.35. The van der Waals surface area contributed by atoms with Gasteiger partial charge in [-0.2, -0.15) is 17.2 Å². The average molecular weight is 165 g/mol. The molecule has 0 spiro atoms. The molecule has 0 amide bonds. The van der Waals surface area contributed by atoms with Crippen LogP contribution >= 0.6 is 11.8 Å². The van der Waals surface area contributed by atoms with Gasteiger partial charge in [-0.1, -0.05) is 0 Å². The van der Waals surface area contributed by atoms with Gasteiger partial charge in [0.1, 0.15) is 0 Å². The molecule has 1 unspecified atom stereocenters. The van der Waals surface area contributed by atoms with Gasteiger partial charge in [-0.15, -0.1) is 0 Å². The van der Waals surface area contributed by atoms with Crippen LogP contribution in [0.15, 0.2) is 0 Å². The normalized spacial score (nSPS) is 13.5. The summed E-state index contributed by atoms with van der Waals surface area (Å²) in [6.45, 7) is 3.04. The molecule has 0 bridgehead atoms. The number of thioether (sulfide) groups is 1. The Morgan fingerprint density at radius 1 is 1.70 bits per heavy atom. The van der Waals surface area contributed by atoms with E-state index in [1.54, 1.807) is 11.8 Å². The minimum Gasteiger partial charge on any atom is -0.391 e. The largest absolute Gasteiger partial charge is 0.391 e. The lowest BCUT2D eigenvalue weighted by Crippen LogP contribution is -2.28. The van der Waals surface area contributed by atoms with Crippen LogP contribution < -0.4 is 5.48 Å². The zero-order chi connectivity index (χ0) is 7.82. The molecule has 0 aromatic rings. The second-order valence-electron chi connectivity index (χ2n) is 1.89. The first-order chi connectivity index (χ1) is 4.81. The summed E-state index contributed by atoms with van der Waals surface area (Å²) >= 11 is 1.62. The SMILES string of the molecule is CCONCC(O)CSC. The number of hydrogen-bond donors (Lipinski definition) is 2. The lowest BCUT2D eigenvalue weighted by Gasteiger charge is -2.08. The maximum Gasteiger partial charge on any atom is 0.0777 e. The Bertz CT molecular complexity index is 72.8. The van der Waals surface area contributed by atoms with Crippen molar-refractivity contribution in [1.82, 2.24) is 5.48 Å². The Balaban J connectivity index is 2.97. The second-order valence-corrected chi connectivity index (χ2v) is 2.80. The summed E-state index contributed by atoms with van der Waals surface area (Å²) in [5.41, 5.74) is 2.66. The van der Waals surface area contributed by atoms with Gasteiger partial charge in [0.15, 0.2) is 0 Å². The summed E-state index contributed by atoms with van der Waals surface area (Å²) < 4.78 is 0. The first-order valence-corrected chi connectivity index (χ1v) is 4.72. The fourth-order valence-electron chi connectivity index (χ4n) is 0.508. The van der Waals surface area contributed by atoms with Crippen molar-refractivity contribution in [3.63, 3.8) is 0 Å². The molecule has 0 aliphatic carbocycles. The highest BCUT2D eigenvalue weighted by Crippen LogP contribution is 1.94. The third-order valence-corrected chi connectivity index (χ3v) is 1.64. The van der Waals surface area contributed by atoms with E-state index in [0.717, 1.165) is 5.75 Å². The molecule has 62 valence electrons. The molecule has 2 N–H and O–H groups in total. The number of aliphatic hydroxyl groups is 1. The second kappa shape index (κ2) is 7.34. The zero-order valence-electron chi connectivity index (χ0n) is 6.46. The van der Waals surface area contributed by atoms with Gasteiger partial charge in [-0.3, -0.25) is 0 Å². The van der Waals surface area contributed by atoms with Crippen LogP contribution in [-0.2, 0) is 4.84 Å². The molecule has 0 aliphatic heterocycles. The molecule has 10 heavy (non-hydrogen) atoms. The Labute approximate surface area is 66.1 Å². The van der Waals surface area contributed by atoms with Gasteiger partial charge in [-0.25, -0.2) is 0 Å². The summed E-state index contributed by atoms with van der Waals surface area (Å²) in [5.74, 6) is 0.750. The van der Waals surface area contributed by atoms with Gasteiger partial charge >= 0.3 is 0 Å². The summed E-state index contributed by atoms with van der Waals surface area (Å²) in [6.07, 6.45) is 1.66. The summed E-state index contributed by atoms with van der Waals surface area (Å²) in [5, 5.41) is 9.11. The Kier molecular flexibility index (Phi) is 7.51. The van der Waals surface area contributed by atoms with Crippen molar-refractivity contribution in [2.45, 2.75) is 13.0 Å². The quantitative estimate of drug-likeness (QED) is 0.437. The van der Waals surface area contributed by atoms with E-state index in [1.165, 1.54) is 0 Å². The van der Waals surface area contributed by atoms with Crippen LogP contribution in [-0.4, -0.2) is 36.4 Å². The smallest absolute Gasteiger partial charge is 0.0777 e. The van der Waals surface area contributed by atoms with Crippen molar-refractivity contribution in [2.24, 2.45) is 0 Å². The number of nitrogens with one attached hydrogen (secondary N) is 1. The number of hydroxylamine groups is 1. The maximum absolute atomic E-state index is 9.11. The molecular formula is C6H15NO2S. The zero-order valence-corrected chi connectivity index (χ0v) is 7.28. The summed E-state index contributed by atoms with van der Waals surface area (Å²) in [7, 11) is 0. The summed E-state index contributed by atoms with van der Waals surface area (Å²) in [6, 6.07) is 0. The minimum absolute atomic E-state index is 0.304. The molecule has 0 rings (SSSR count). The van der Waals surface area contributed by atoms with Crippen LogP contribution in [0.5, 0.6) is 0 Å². The first-order valence-electron chi connectivity index (χ1n) is 3.33. The van der Waals surface area contributed by atoms with Crippen LogP contribution in [0.1, 0.15) is 6.92 Å². The van der Waals surface area contributed by atoms with E-state index < -0.39 is 0 Å². The van der Waals surface area contributed by atoms with Crippen LogP contribution in [0, 0.1) is 0 Å². The lowest BCUT2D eigenvalue weighted by atomic mass is 10.4. The molecule has 4 heteroatoms. The topological polar surface area (TPSA) is 41.5 Å². The molecular weight excluding hydrogens is 150 g/mol. The monoisotopic (exact) mass is 165 g/mol. The lowest BCUT2D eigenvalue weighted by molar-refractivity contribution is 0.0262. The van der Waals surface area contributed by atoms with E-state index in [0.29, 0.717) is 13.2 Å². The van der Waals surface area contributed by atoms with Gasteiger partial charge in [0, 0.05) is 12.3 Å². The van der Waals surface area contributed by atoms with Crippen molar-refractivity contribution in [2.75, 3.05) is 25.2 Å². The van der Waals surface area contributed by atoms with Crippen molar-refractivity contribution in [1.29, 1.82) is 0 Å².